The molecule has 0 saturated heterocycles. The first-order valence-electron chi connectivity index (χ1n) is 7.50. The van der Waals surface area contributed by atoms with Crippen molar-refractivity contribution in [3.63, 3.8) is 0 Å². The Hall–Kier alpha value is -0.820. The molecule has 1 aromatic carbocycles. The van der Waals surface area contributed by atoms with Crippen LogP contribution >= 0.6 is 0 Å². The summed E-state index contributed by atoms with van der Waals surface area (Å²) in [7, 11) is 0. The molecule has 18 heavy (non-hydrogen) atoms. The number of benzene rings is 1. The maximum absolute atomic E-state index is 3.71. The minimum Gasteiger partial charge on any atom is -0.310 e. The summed E-state index contributed by atoms with van der Waals surface area (Å²) in [5, 5.41) is 3.71. The van der Waals surface area contributed by atoms with Crippen LogP contribution in [0.25, 0.3) is 0 Å². The fraction of sp³-hybridized carbons (Fsp3) is 0.647. The summed E-state index contributed by atoms with van der Waals surface area (Å²) in [6.07, 6.45) is 5.59. The van der Waals surface area contributed by atoms with E-state index in [-0.39, 0.29) is 0 Å². The lowest BCUT2D eigenvalue weighted by molar-refractivity contribution is 0.225. The zero-order valence-electron chi connectivity index (χ0n) is 12.1. The predicted octanol–water partition coefficient (Wildman–Crippen LogP) is 4.47. The molecule has 0 aromatic heterocycles. The molecule has 0 amide bonds. The summed E-state index contributed by atoms with van der Waals surface area (Å²) in [6.45, 7) is 7.84. The fourth-order valence-electron chi connectivity index (χ4n) is 3.33. The van der Waals surface area contributed by atoms with Crippen LogP contribution in [0, 0.1) is 18.8 Å². The van der Waals surface area contributed by atoms with Gasteiger partial charge in [-0.3, -0.25) is 0 Å². The van der Waals surface area contributed by atoms with Crippen molar-refractivity contribution in [3.8, 4) is 0 Å². The van der Waals surface area contributed by atoms with E-state index >= 15 is 0 Å². The summed E-state index contributed by atoms with van der Waals surface area (Å²) in [5.74, 6) is 1.71. The summed E-state index contributed by atoms with van der Waals surface area (Å²) < 4.78 is 0. The van der Waals surface area contributed by atoms with Gasteiger partial charge in [-0.1, -0.05) is 56.5 Å². The molecule has 1 aromatic rings. The third-order valence-corrected chi connectivity index (χ3v) is 4.31. The average molecular weight is 245 g/mol. The molecule has 1 N–H and O–H groups in total. The second kappa shape index (κ2) is 6.38. The molecular weight excluding hydrogens is 218 g/mol. The van der Waals surface area contributed by atoms with Crippen molar-refractivity contribution >= 4 is 0 Å². The summed E-state index contributed by atoms with van der Waals surface area (Å²) >= 11 is 0. The quantitative estimate of drug-likeness (QED) is 0.825. The molecule has 1 heteroatoms. The van der Waals surface area contributed by atoms with Gasteiger partial charge < -0.3 is 5.32 Å². The largest absolute Gasteiger partial charge is 0.310 e. The summed E-state index contributed by atoms with van der Waals surface area (Å²) in [4.78, 5) is 0. The van der Waals surface area contributed by atoms with Gasteiger partial charge in [0.2, 0.25) is 0 Å². The van der Waals surface area contributed by atoms with Crippen molar-refractivity contribution in [1.82, 2.24) is 5.32 Å². The molecule has 0 aliphatic heterocycles. The maximum Gasteiger partial charge on any atom is 0.0348 e. The first kappa shape index (κ1) is 13.6. The molecule has 100 valence electrons. The van der Waals surface area contributed by atoms with Gasteiger partial charge in [0.15, 0.2) is 0 Å². The lowest BCUT2D eigenvalue weighted by Crippen LogP contribution is -2.31. The Morgan fingerprint density at radius 3 is 2.56 bits per heavy atom. The van der Waals surface area contributed by atoms with Gasteiger partial charge >= 0.3 is 0 Å². The first-order valence-corrected chi connectivity index (χ1v) is 7.50. The van der Waals surface area contributed by atoms with Gasteiger partial charge in [-0.25, -0.2) is 0 Å². The standard InChI is InChI=1S/C17H27N/c1-4-18-17(15-10-8-13(2)9-11-15)16-7-5-6-14(3)12-16/h8-11,14,16-18H,4-7,12H2,1-3H3. The Balaban J connectivity index is 2.13. The van der Waals surface area contributed by atoms with Crippen molar-refractivity contribution in [1.29, 1.82) is 0 Å². The molecule has 0 heterocycles. The Labute approximate surface area is 112 Å². The number of aryl methyl sites for hydroxylation is 1. The zero-order valence-corrected chi connectivity index (χ0v) is 12.1. The van der Waals surface area contributed by atoms with Gasteiger partial charge in [-0.2, -0.15) is 0 Å². The van der Waals surface area contributed by atoms with E-state index in [0.29, 0.717) is 6.04 Å². The Kier molecular flexibility index (Phi) is 4.82. The molecule has 3 atom stereocenters. The van der Waals surface area contributed by atoms with Crippen LogP contribution < -0.4 is 5.32 Å². The van der Waals surface area contributed by atoms with Crippen LogP contribution in [-0.4, -0.2) is 6.54 Å². The van der Waals surface area contributed by atoms with Crippen molar-refractivity contribution in [2.45, 2.75) is 52.5 Å². The summed E-state index contributed by atoms with van der Waals surface area (Å²) in [5.41, 5.74) is 2.83. The molecule has 1 nitrogen and oxygen atoms in total. The van der Waals surface area contributed by atoms with Crippen LogP contribution in [0.2, 0.25) is 0 Å². The van der Waals surface area contributed by atoms with Crippen LogP contribution in [0.5, 0.6) is 0 Å². The molecule has 1 aliphatic carbocycles. The highest BCUT2D eigenvalue weighted by molar-refractivity contribution is 5.24. The highest BCUT2D eigenvalue weighted by Gasteiger charge is 2.27. The minimum atomic E-state index is 0.554. The van der Waals surface area contributed by atoms with Crippen molar-refractivity contribution in [3.05, 3.63) is 35.4 Å². The summed E-state index contributed by atoms with van der Waals surface area (Å²) in [6, 6.07) is 9.65. The second-order valence-electron chi connectivity index (χ2n) is 5.98. The Bertz CT molecular complexity index is 354. The molecule has 2 rings (SSSR count). The van der Waals surface area contributed by atoms with Gasteiger partial charge in [0.05, 0.1) is 0 Å². The van der Waals surface area contributed by atoms with E-state index in [9.17, 15) is 0 Å². The fourth-order valence-corrected chi connectivity index (χ4v) is 3.33. The van der Waals surface area contributed by atoms with Gasteiger partial charge in [-0.15, -0.1) is 0 Å². The van der Waals surface area contributed by atoms with E-state index < -0.39 is 0 Å². The Morgan fingerprint density at radius 2 is 1.94 bits per heavy atom. The molecule has 0 spiro atoms. The second-order valence-corrected chi connectivity index (χ2v) is 5.98. The van der Waals surface area contributed by atoms with E-state index in [0.717, 1.165) is 18.4 Å². The Morgan fingerprint density at radius 1 is 1.22 bits per heavy atom. The highest BCUT2D eigenvalue weighted by Crippen LogP contribution is 2.37. The lowest BCUT2D eigenvalue weighted by atomic mass is 9.76. The molecule has 3 unspecified atom stereocenters. The van der Waals surface area contributed by atoms with E-state index in [2.05, 4.69) is 50.4 Å². The van der Waals surface area contributed by atoms with Gasteiger partial charge in [-0.05, 0) is 43.7 Å². The number of rotatable bonds is 4. The highest BCUT2D eigenvalue weighted by atomic mass is 14.9. The smallest absolute Gasteiger partial charge is 0.0348 e. The lowest BCUT2D eigenvalue weighted by Gasteiger charge is -2.34. The van der Waals surface area contributed by atoms with Crippen molar-refractivity contribution < 1.29 is 0 Å². The molecule has 1 aliphatic rings. The third-order valence-electron chi connectivity index (χ3n) is 4.31. The zero-order chi connectivity index (χ0) is 13.0. The van der Waals surface area contributed by atoms with Crippen LogP contribution in [0.15, 0.2) is 24.3 Å². The van der Waals surface area contributed by atoms with Crippen molar-refractivity contribution in [2.75, 3.05) is 6.54 Å². The minimum absolute atomic E-state index is 0.554. The number of hydrogen-bond acceptors (Lipinski definition) is 1. The van der Waals surface area contributed by atoms with Crippen LogP contribution in [0.3, 0.4) is 0 Å². The molecule has 1 fully saturated rings. The predicted molar refractivity (Wildman–Crippen MR) is 78.7 cm³/mol. The number of nitrogens with one attached hydrogen (secondary N) is 1. The van der Waals surface area contributed by atoms with Crippen LogP contribution in [0.1, 0.15) is 56.7 Å². The SMILES string of the molecule is CCNC(c1ccc(C)cc1)C1CCCC(C)C1. The average Bonchev–Trinajstić information content (AvgIpc) is 2.37. The molecular formula is C17H27N. The molecule has 0 bridgehead atoms. The van der Waals surface area contributed by atoms with Gasteiger partial charge in [0.1, 0.15) is 0 Å². The van der Waals surface area contributed by atoms with Crippen LogP contribution in [0.4, 0.5) is 0 Å². The van der Waals surface area contributed by atoms with Gasteiger partial charge in [0.25, 0.3) is 0 Å². The monoisotopic (exact) mass is 245 g/mol. The third kappa shape index (κ3) is 3.35. The van der Waals surface area contributed by atoms with Crippen molar-refractivity contribution in [2.24, 2.45) is 11.8 Å². The topological polar surface area (TPSA) is 12.0 Å². The molecule has 1 saturated carbocycles. The van der Waals surface area contributed by atoms with E-state index in [1.54, 1.807) is 0 Å². The first-order chi connectivity index (χ1) is 8.70. The maximum atomic E-state index is 3.71. The normalized spacial score (nSPS) is 25.9. The van der Waals surface area contributed by atoms with E-state index in [1.807, 2.05) is 0 Å². The van der Waals surface area contributed by atoms with Crippen LogP contribution in [-0.2, 0) is 0 Å². The number of hydrogen-bond donors (Lipinski definition) is 1. The van der Waals surface area contributed by atoms with Gasteiger partial charge in [0, 0.05) is 6.04 Å². The molecule has 0 radical (unpaired) electrons. The van der Waals surface area contributed by atoms with E-state index in [1.165, 1.54) is 36.8 Å². The van der Waals surface area contributed by atoms with E-state index in [4.69, 9.17) is 0 Å².